The van der Waals surface area contributed by atoms with Crippen molar-refractivity contribution < 1.29 is 9.47 Å². The van der Waals surface area contributed by atoms with Gasteiger partial charge in [0, 0.05) is 159 Å². The highest BCUT2D eigenvalue weighted by atomic mass is 32.2. The summed E-state index contributed by atoms with van der Waals surface area (Å²) in [4.78, 5) is 36.2. The fraction of sp³-hybridized carbons (Fsp3) is 0.538. The maximum Gasteiger partial charge on any atom is 0.204 e. The summed E-state index contributed by atoms with van der Waals surface area (Å²) >= 11 is 5.05. The molecule has 6 aliphatic rings. The van der Waals surface area contributed by atoms with Gasteiger partial charge < -0.3 is 14.5 Å². The predicted octanol–water partition coefficient (Wildman–Crippen LogP) is 12.1. The molecule has 0 amide bonds. The van der Waals surface area contributed by atoms with Gasteiger partial charge in [0.2, 0.25) is 11.8 Å². The number of hydrazone groups is 6. The van der Waals surface area contributed by atoms with Crippen LogP contribution in [-0.2, 0) is 9.47 Å². The second-order valence-corrected chi connectivity index (χ2v) is 25.1. The van der Waals surface area contributed by atoms with E-state index in [2.05, 4.69) is 99.8 Å². The Labute approximate surface area is 563 Å². The average molecular weight is 1320 g/mol. The SMILES string of the molecule is CC1=NN(C)CC1.CC1=NN(C)CCC1.CC1=NN(C)CCO1.CC1=NN(C)CCS1.CC1=NN(C)CO1.CC1=NN(C)CS1.Cc1ccc(C)nc1.Cc1cccc(C)n1.Cc1ccnc(C)n1.Cc1cnc(C)nc1.Cc1cncc(C)n1.Cc1nsc(C)n1. The summed E-state index contributed by atoms with van der Waals surface area (Å²) in [5.74, 6) is 6.27. The highest BCUT2D eigenvalue weighted by molar-refractivity contribution is 8.14. The molecule has 12 rings (SSSR count). The van der Waals surface area contributed by atoms with E-state index in [1.54, 1.807) is 35.4 Å². The molecule has 0 atom stereocenters. The van der Waals surface area contributed by atoms with Crippen molar-refractivity contribution in [1.82, 2.24) is 79.3 Å². The Morgan fingerprint density at radius 2 is 0.946 bits per heavy atom. The Kier molecular flexibility index (Phi) is 42.9. The summed E-state index contributed by atoms with van der Waals surface area (Å²) in [6.07, 6.45) is 14.3. The van der Waals surface area contributed by atoms with Crippen LogP contribution in [0.15, 0.2) is 104 Å². The Morgan fingerprint density at radius 3 is 1.23 bits per heavy atom. The Balaban J connectivity index is 0.000000502. The zero-order valence-corrected chi connectivity index (χ0v) is 62.0. The standard InChI is InChI=1S/2C7H9N.2C6H8N2.C6H12N2.C6H8N2.C5H10N2O.C5H10N2S.C5H10N2.C4H8N2O.C4H8N2S.C4H6N2S/c1-6-3-4-7(2)8-5-6;1-6-4-3-5-7(2)8-6;1-5-3-7-4-6(2)8-5;1-5-3-7-6(2)8-4-5;1-6-4-3-5-8(2)7-6;1-5-3-4-7-6(2)8-5;2*1-5-6-7(2)3-4-8-5;1-5-3-4-7(2)6-5;2*1-4-5-6(2)3-7-4;1-3-5-4(2)7-6-3/h2*3-5H,1-2H3;2*3-4H,1-2H3;3-5H2,1-2H3;3-4H,1-2H3;2*3-4H2,1-2H3;3-4H2,1-2H3;2*3H2,1-2H3;1-2H3. The summed E-state index contributed by atoms with van der Waals surface area (Å²) < 4.78 is 13.9. The lowest BCUT2D eigenvalue weighted by atomic mass is 10.2. The molecule has 0 spiro atoms. The van der Waals surface area contributed by atoms with E-state index in [9.17, 15) is 0 Å². The molecular weight excluding hydrogens is 1220 g/mol. The number of pyridine rings is 2. The van der Waals surface area contributed by atoms with E-state index >= 15 is 0 Å². The maximum absolute atomic E-state index is 5.06. The number of hydrogen-bond donors (Lipinski definition) is 0. The van der Waals surface area contributed by atoms with E-state index in [1.807, 2.05) is 239 Å². The molecule has 0 radical (unpaired) electrons. The van der Waals surface area contributed by atoms with Gasteiger partial charge in [-0.1, -0.05) is 23.9 Å². The molecule has 0 bridgehead atoms. The zero-order chi connectivity index (χ0) is 69.0. The van der Waals surface area contributed by atoms with Crippen molar-refractivity contribution in [1.29, 1.82) is 0 Å². The number of aromatic nitrogens is 10. The Hall–Kier alpha value is -7.78. The second-order valence-electron chi connectivity index (χ2n) is 21.7. The lowest BCUT2D eigenvalue weighted by molar-refractivity contribution is 0.189. The van der Waals surface area contributed by atoms with Gasteiger partial charge in [-0.25, -0.2) is 24.9 Å². The number of ether oxygens (including phenoxy) is 2. The molecule has 12 heterocycles. The third-order valence-electron chi connectivity index (χ3n) is 11.5. The van der Waals surface area contributed by atoms with Crippen LogP contribution in [0.3, 0.4) is 0 Å². The average Bonchev–Trinajstić information content (AvgIpc) is 4.46. The highest BCUT2D eigenvalue weighted by Crippen LogP contribution is 2.13. The molecule has 6 aromatic rings. The second kappa shape index (κ2) is 48.0. The number of hydrogen-bond acceptors (Lipinski definition) is 27. The van der Waals surface area contributed by atoms with Crippen molar-refractivity contribution in [3.05, 3.63) is 141 Å². The number of aryl methyl sites for hydroxylation is 12. The third-order valence-corrected chi connectivity index (χ3v) is 14.1. The van der Waals surface area contributed by atoms with Gasteiger partial charge in [-0.05, 0) is 171 Å². The monoisotopic (exact) mass is 1320 g/mol. The zero-order valence-electron chi connectivity index (χ0n) is 59.6. The van der Waals surface area contributed by atoms with Gasteiger partial charge in [0.15, 0.2) is 6.73 Å². The molecule has 0 saturated carbocycles. The molecule has 506 valence electrons. The summed E-state index contributed by atoms with van der Waals surface area (Å²) in [5, 5.41) is 39.5. The van der Waals surface area contributed by atoms with E-state index in [0.29, 0.717) is 6.73 Å². The first-order chi connectivity index (χ1) is 43.5. The Bertz CT molecular complexity index is 2770. The number of rotatable bonds is 0. The quantitative estimate of drug-likeness (QED) is 0.137. The van der Waals surface area contributed by atoms with Crippen LogP contribution in [0.1, 0.15) is 129 Å². The van der Waals surface area contributed by atoms with Crippen molar-refractivity contribution in [3.63, 3.8) is 0 Å². The fourth-order valence-electron chi connectivity index (χ4n) is 7.17. The normalized spacial score (nSPS) is 14.6. The number of nitrogens with zero attached hydrogens (tertiary/aromatic N) is 22. The van der Waals surface area contributed by atoms with Crippen molar-refractivity contribution in [3.8, 4) is 0 Å². The molecule has 0 aliphatic carbocycles. The molecule has 24 nitrogen and oxygen atoms in total. The van der Waals surface area contributed by atoms with E-state index in [-0.39, 0.29) is 0 Å². The minimum atomic E-state index is 0.603. The van der Waals surface area contributed by atoms with E-state index < -0.39 is 0 Å². The van der Waals surface area contributed by atoms with Gasteiger partial charge in [0.25, 0.3) is 0 Å². The number of likely N-dealkylation sites (N-methyl/N-ethyl adjacent to an activating group) is 1. The summed E-state index contributed by atoms with van der Waals surface area (Å²) in [7, 11) is 11.8. The Morgan fingerprint density at radius 1 is 0.402 bits per heavy atom. The lowest BCUT2D eigenvalue weighted by Gasteiger charge is -2.19. The van der Waals surface area contributed by atoms with Gasteiger partial charge in [-0.15, -0.1) is 22.0 Å². The first-order valence-corrected chi connectivity index (χ1v) is 33.1. The first-order valence-electron chi connectivity index (χ1n) is 30.4. The van der Waals surface area contributed by atoms with Gasteiger partial charge in [-0.2, -0.15) is 24.8 Å². The minimum absolute atomic E-state index is 0.603. The van der Waals surface area contributed by atoms with Crippen molar-refractivity contribution in [2.24, 2.45) is 30.6 Å². The summed E-state index contributed by atoms with van der Waals surface area (Å²) in [6, 6.07) is 11.9. The van der Waals surface area contributed by atoms with Gasteiger partial charge >= 0.3 is 0 Å². The fourth-order valence-corrected chi connectivity index (χ4v) is 9.13. The minimum Gasteiger partial charge on any atom is -0.478 e. The molecule has 0 N–H and O–H groups in total. The molecule has 0 fully saturated rings. The van der Waals surface area contributed by atoms with Crippen molar-refractivity contribution in [2.75, 3.05) is 93.4 Å². The van der Waals surface area contributed by atoms with Crippen LogP contribution in [0.5, 0.6) is 0 Å². The molecular formula is C65H106N22O2S3. The van der Waals surface area contributed by atoms with Crippen LogP contribution in [0.2, 0.25) is 0 Å². The van der Waals surface area contributed by atoms with Crippen molar-refractivity contribution >= 4 is 68.4 Å². The van der Waals surface area contributed by atoms with E-state index in [0.717, 1.165) is 119 Å². The maximum atomic E-state index is 5.06. The molecule has 92 heavy (non-hydrogen) atoms. The van der Waals surface area contributed by atoms with Gasteiger partial charge in [-0.3, -0.25) is 45.0 Å². The predicted molar refractivity (Wildman–Crippen MR) is 387 cm³/mol. The summed E-state index contributed by atoms with van der Waals surface area (Å²) in [6.45, 7) is 40.9. The highest BCUT2D eigenvalue weighted by Gasteiger charge is 2.07. The van der Waals surface area contributed by atoms with Crippen LogP contribution in [0.25, 0.3) is 0 Å². The van der Waals surface area contributed by atoms with Crippen LogP contribution < -0.4 is 0 Å². The third kappa shape index (κ3) is 46.3. The largest absolute Gasteiger partial charge is 0.478 e. The molecule has 6 aromatic heterocycles. The smallest absolute Gasteiger partial charge is 0.204 e. The first kappa shape index (κ1) is 82.2. The van der Waals surface area contributed by atoms with Crippen molar-refractivity contribution in [2.45, 2.75) is 144 Å². The molecule has 0 unspecified atom stereocenters. The topological polar surface area (TPSA) is 241 Å². The van der Waals surface area contributed by atoms with Crippen LogP contribution in [0.4, 0.5) is 0 Å². The van der Waals surface area contributed by atoms with Gasteiger partial charge in [0.05, 0.1) is 33.9 Å². The van der Waals surface area contributed by atoms with E-state index in [4.69, 9.17) is 9.47 Å². The van der Waals surface area contributed by atoms with Crippen LogP contribution in [-0.4, -0.2) is 206 Å². The van der Waals surface area contributed by atoms with Crippen LogP contribution >= 0.6 is 35.1 Å². The lowest BCUT2D eigenvalue weighted by Crippen LogP contribution is -2.25. The summed E-state index contributed by atoms with van der Waals surface area (Å²) in [5.41, 5.74) is 11.1. The molecule has 27 heteroatoms. The molecule has 0 saturated heterocycles. The van der Waals surface area contributed by atoms with Crippen LogP contribution in [0, 0.1) is 83.1 Å². The van der Waals surface area contributed by atoms with Gasteiger partial charge in [0.1, 0.15) is 29.1 Å². The van der Waals surface area contributed by atoms with E-state index in [1.165, 1.54) is 57.2 Å². The molecule has 6 aliphatic heterocycles. The molecule has 0 aromatic carbocycles. The number of thioether (sulfide) groups is 2.